The van der Waals surface area contributed by atoms with Crippen molar-refractivity contribution in [2.75, 3.05) is 23.4 Å². The first kappa shape index (κ1) is 27.8. The lowest BCUT2D eigenvalue weighted by Crippen LogP contribution is -2.53. The number of imidazole rings is 1. The number of nitrogens with zero attached hydrogens (tertiary/aromatic N) is 5. The van der Waals surface area contributed by atoms with Gasteiger partial charge in [-0.15, -0.1) is 12.3 Å². The molecule has 3 unspecified atom stereocenters. The number of hydrogen-bond donors (Lipinski definition) is 3. The number of primary amides is 1. The Balaban J connectivity index is 1.45. The van der Waals surface area contributed by atoms with Crippen molar-refractivity contribution in [2.45, 2.75) is 102 Å². The molecular weight excluding hydrogens is 520 g/mol. The van der Waals surface area contributed by atoms with Crippen molar-refractivity contribution in [3.05, 3.63) is 5.82 Å². The Bertz CT molecular complexity index is 1320. The molecule has 4 N–H and O–H groups in total. The average molecular weight is 563 g/mol. The molecule has 0 radical (unpaired) electrons. The number of anilines is 2. The Labute approximate surface area is 241 Å². The van der Waals surface area contributed by atoms with Crippen LogP contribution in [0.25, 0.3) is 11.2 Å². The first-order valence-corrected chi connectivity index (χ1v) is 15.4. The van der Waals surface area contributed by atoms with Gasteiger partial charge in [-0.25, -0.2) is 14.8 Å². The normalized spacial score (nSPS) is 27.4. The summed E-state index contributed by atoms with van der Waals surface area (Å²) in [5, 5.41) is 12.0. The van der Waals surface area contributed by atoms with Gasteiger partial charge in [-0.3, -0.25) is 5.41 Å². The Morgan fingerprint density at radius 1 is 1.15 bits per heavy atom. The van der Waals surface area contributed by atoms with Gasteiger partial charge >= 0.3 is 6.09 Å². The molecule has 1 saturated heterocycles. The summed E-state index contributed by atoms with van der Waals surface area (Å²) in [5.74, 6) is 5.34. The maximum absolute atomic E-state index is 11.4. The SMILES string of the molecule is C#CC1CCC(Cn2c(N3CCOC4CCCCC43)nc3nc(C(=N)OC(N)=O)nc(NC(C)C4CCC4)c32)CC1. The topological polar surface area (TPSA) is 144 Å². The molecule has 1 amide bonds. The van der Waals surface area contributed by atoms with Gasteiger partial charge in [0.25, 0.3) is 5.90 Å². The van der Waals surface area contributed by atoms with Crippen LogP contribution in [-0.4, -0.2) is 62.8 Å². The van der Waals surface area contributed by atoms with Gasteiger partial charge in [-0.2, -0.15) is 4.98 Å². The number of rotatable bonds is 7. The monoisotopic (exact) mass is 562 g/mol. The van der Waals surface area contributed by atoms with Crippen molar-refractivity contribution in [2.24, 2.45) is 23.5 Å². The molecule has 6 rings (SSSR count). The number of amides is 1. The maximum atomic E-state index is 11.4. The van der Waals surface area contributed by atoms with Gasteiger partial charge in [-0.1, -0.05) is 19.3 Å². The molecule has 3 saturated carbocycles. The molecule has 4 fully saturated rings. The summed E-state index contributed by atoms with van der Waals surface area (Å²) < 4.78 is 13.4. The lowest BCUT2D eigenvalue weighted by Gasteiger charge is -2.44. The highest BCUT2D eigenvalue weighted by Gasteiger charge is 2.38. The van der Waals surface area contributed by atoms with Crippen LogP contribution < -0.4 is 16.0 Å². The van der Waals surface area contributed by atoms with Crippen molar-refractivity contribution >= 4 is 34.9 Å². The number of ether oxygens (including phenoxy) is 2. The van der Waals surface area contributed by atoms with E-state index in [0.717, 1.165) is 63.1 Å². The number of fused-ring (bicyclic) bond motifs is 2. The maximum Gasteiger partial charge on any atom is 0.411 e. The van der Waals surface area contributed by atoms with Gasteiger partial charge < -0.3 is 30.0 Å². The summed E-state index contributed by atoms with van der Waals surface area (Å²) in [4.78, 5) is 28.4. The van der Waals surface area contributed by atoms with Gasteiger partial charge in [0.15, 0.2) is 11.5 Å². The van der Waals surface area contributed by atoms with Crippen LogP contribution in [0.15, 0.2) is 0 Å². The molecule has 2 aromatic rings. The molecule has 11 heteroatoms. The second-order valence-electron chi connectivity index (χ2n) is 12.3. The quantitative estimate of drug-likeness (QED) is 0.255. The zero-order valence-electron chi connectivity index (χ0n) is 24.0. The van der Waals surface area contributed by atoms with Gasteiger partial charge in [0.2, 0.25) is 11.8 Å². The Hall–Kier alpha value is -3.39. The highest BCUT2D eigenvalue weighted by molar-refractivity contribution is 5.98. The molecule has 11 nitrogen and oxygen atoms in total. The van der Waals surface area contributed by atoms with Crippen LogP contribution in [0.4, 0.5) is 16.6 Å². The van der Waals surface area contributed by atoms with E-state index in [-0.39, 0.29) is 24.0 Å². The van der Waals surface area contributed by atoms with E-state index in [2.05, 4.69) is 32.6 Å². The summed E-state index contributed by atoms with van der Waals surface area (Å²) in [7, 11) is 0. The minimum absolute atomic E-state index is 0.0112. The summed E-state index contributed by atoms with van der Waals surface area (Å²) in [6, 6.07) is 0.449. The summed E-state index contributed by atoms with van der Waals surface area (Å²) in [6.07, 6.45) is 17.2. The Morgan fingerprint density at radius 3 is 2.63 bits per heavy atom. The predicted octanol–water partition coefficient (Wildman–Crippen LogP) is 4.43. The van der Waals surface area contributed by atoms with Crippen molar-refractivity contribution in [3.63, 3.8) is 0 Å². The van der Waals surface area contributed by atoms with E-state index in [0.29, 0.717) is 35.8 Å². The van der Waals surface area contributed by atoms with Crippen LogP contribution in [0.1, 0.15) is 83.4 Å². The third-order valence-electron chi connectivity index (χ3n) is 9.72. The number of carbonyl (C=O) groups excluding carboxylic acids is 1. The molecule has 0 aromatic carbocycles. The highest BCUT2D eigenvalue weighted by Crippen LogP contribution is 2.38. The summed E-state index contributed by atoms with van der Waals surface area (Å²) >= 11 is 0. The van der Waals surface area contributed by atoms with E-state index >= 15 is 0 Å². The molecule has 0 bridgehead atoms. The number of aromatic nitrogens is 4. The fraction of sp³-hybridized carbons (Fsp3) is 0.700. The van der Waals surface area contributed by atoms with Crippen LogP contribution in [0.3, 0.4) is 0 Å². The van der Waals surface area contributed by atoms with E-state index in [1.165, 1.54) is 32.1 Å². The van der Waals surface area contributed by atoms with E-state index in [4.69, 9.17) is 37.0 Å². The van der Waals surface area contributed by atoms with Crippen LogP contribution in [-0.2, 0) is 16.0 Å². The number of carbonyl (C=O) groups is 1. The van der Waals surface area contributed by atoms with E-state index in [1.54, 1.807) is 0 Å². The van der Waals surface area contributed by atoms with E-state index in [9.17, 15) is 4.79 Å². The number of nitrogens with one attached hydrogen (secondary N) is 2. The van der Waals surface area contributed by atoms with Gasteiger partial charge in [0.1, 0.15) is 5.52 Å². The fourth-order valence-corrected chi connectivity index (χ4v) is 7.15. The molecule has 3 atom stereocenters. The smallest absolute Gasteiger partial charge is 0.388 e. The zero-order valence-corrected chi connectivity index (χ0v) is 24.0. The zero-order chi connectivity index (χ0) is 28.5. The first-order valence-electron chi connectivity index (χ1n) is 15.4. The van der Waals surface area contributed by atoms with Gasteiger partial charge in [0, 0.05) is 25.0 Å². The van der Waals surface area contributed by atoms with Gasteiger partial charge in [-0.05, 0) is 70.1 Å². The predicted molar refractivity (Wildman–Crippen MR) is 157 cm³/mol. The number of morpholine rings is 1. The van der Waals surface area contributed by atoms with Crippen molar-refractivity contribution in [1.29, 1.82) is 5.41 Å². The number of hydrogen-bond acceptors (Lipinski definition) is 9. The van der Waals surface area contributed by atoms with Crippen molar-refractivity contribution in [1.82, 2.24) is 19.5 Å². The van der Waals surface area contributed by atoms with Crippen LogP contribution in [0, 0.1) is 35.5 Å². The van der Waals surface area contributed by atoms with Crippen molar-refractivity contribution in [3.8, 4) is 12.3 Å². The average Bonchev–Trinajstić information content (AvgIpc) is 3.30. The lowest BCUT2D eigenvalue weighted by atomic mass is 9.80. The number of terminal acetylenes is 1. The van der Waals surface area contributed by atoms with Crippen LogP contribution in [0.2, 0.25) is 0 Å². The van der Waals surface area contributed by atoms with Crippen LogP contribution in [0.5, 0.6) is 0 Å². The van der Waals surface area contributed by atoms with Crippen LogP contribution >= 0.6 is 0 Å². The van der Waals surface area contributed by atoms with E-state index < -0.39 is 12.0 Å². The fourth-order valence-electron chi connectivity index (χ4n) is 7.15. The number of nitrogens with two attached hydrogens (primary N) is 1. The summed E-state index contributed by atoms with van der Waals surface area (Å²) in [6.45, 7) is 4.40. The molecule has 4 aliphatic rings. The Morgan fingerprint density at radius 2 is 1.93 bits per heavy atom. The third-order valence-corrected chi connectivity index (χ3v) is 9.72. The second kappa shape index (κ2) is 11.8. The standard InChI is InChI=1S/C30H42N8O3/c1-3-19-11-13-20(14-12-19)17-38-24-26(33-18(2)21-7-6-8-21)34-28(25(31)41-29(32)39)35-27(24)36-30(38)37-15-16-40-23-10-5-4-9-22(23)37/h1,18-23,31H,4-17H2,2H3,(H2,32,39)(H,33,34,35). The molecule has 0 spiro atoms. The molecule has 3 aliphatic carbocycles. The second-order valence-corrected chi connectivity index (χ2v) is 12.3. The molecule has 1 aliphatic heterocycles. The van der Waals surface area contributed by atoms with Crippen molar-refractivity contribution < 1.29 is 14.3 Å². The largest absolute Gasteiger partial charge is 0.411 e. The minimum atomic E-state index is -1.07. The summed E-state index contributed by atoms with van der Waals surface area (Å²) in [5.41, 5.74) is 6.54. The lowest BCUT2D eigenvalue weighted by molar-refractivity contribution is -0.00958. The molecule has 41 heavy (non-hydrogen) atoms. The molecule has 2 aromatic heterocycles. The van der Waals surface area contributed by atoms with Gasteiger partial charge in [0.05, 0.1) is 18.8 Å². The van der Waals surface area contributed by atoms with E-state index in [1.807, 2.05) is 0 Å². The molecule has 3 heterocycles. The molecular formula is C30H42N8O3. The first-order chi connectivity index (χ1) is 19.9. The highest BCUT2D eigenvalue weighted by atomic mass is 16.6. The Kier molecular flexibility index (Phi) is 8.02. The molecule has 220 valence electrons. The minimum Gasteiger partial charge on any atom is -0.388 e. The third kappa shape index (κ3) is 5.71.